The van der Waals surface area contributed by atoms with Gasteiger partial charge < -0.3 is 10.2 Å². The number of carbonyl (C=O) groups excluding carboxylic acids is 1. The number of likely N-dealkylation sites (N-methyl/N-ethyl adjacent to an activating group) is 1. The van der Waals surface area contributed by atoms with Gasteiger partial charge in [0.2, 0.25) is 5.91 Å². The van der Waals surface area contributed by atoms with E-state index in [4.69, 9.17) is 16.6 Å². The van der Waals surface area contributed by atoms with E-state index in [9.17, 15) is 4.79 Å². The lowest BCUT2D eigenvalue weighted by molar-refractivity contribution is -0.118. The molecule has 0 saturated carbocycles. The fourth-order valence-electron chi connectivity index (χ4n) is 3.78. The number of anilines is 2. The molecule has 1 atom stereocenters. The number of hydrogen-bond acceptors (Lipinski definition) is 7. The van der Waals surface area contributed by atoms with Gasteiger partial charge in [-0.05, 0) is 24.8 Å². The maximum absolute atomic E-state index is 12.5. The molecular weight excluding hydrogens is 422 g/mol. The molecule has 1 amide bonds. The van der Waals surface area contributed by atoms with E-state index in [0.29, 0.717) is 23.1 Å². The molecular formula is C20H24ClN7OS. The summed E-state index contributed by atoms with van der Waals surface area (Å²) in [5, 5.41) is 7.41. The topological polar surface area (TPSA) is 88.8 Å². The monoisotopic (exact) mass is 445 g/mol. The first-order valence-electron chi connectivity index (χ1n) is 9.84. The highest BCUT2D eigenvalue weighted by molar-refractivity contribution is 7.15. The number of aromatic nitrogens is 5. The molecule has 0 bridgehead atoms. The molecule has 3 aromatic heterocycles. The Labute approximate surface area is 184 Å². The number of halogens is 1. The summed E-state index contributed by atoms with van der Waals surface area (Å²) >= 11 is 7.35. The Kier molecular flexibility index (Phi) is 5.75. The van der Waals surface area contributed by atoms with Gasteiger partial charge in [0.1, 0.15) is 17.6 Å². The lowest BCUT2D eigenvalue weighted by Gasteiger charge is -2.36. The van der Waals surface area contributed by atoms with Gasteiger partial charge in [-0.15, -0.1) is 11.3 Å². The highest BCUT2D eigenvalue weighted by Crippen LogP contribution is 2.33. The molecule has 1 aliphatic rings. The molecule has 0 spiro atoms. The smallest absolute Gasteiger partial charge is 0.247 e. The molecule has 4 rings (SSSR count). The first kappa shape index (κ1) is 20.7. The zero-order valence-corrected chi connectivity index (χ0v) is 19.0. The van der Waals surface area contributed by atoms with Crippen LogP contribution in [0.15, 0.2) is 18.6 Å². The Morgan fingerprint density at radius 3 is 2.77 bits per heavy atom. The van der Waals surface area contributed by atoms with Crippen LogP contribution in [0.1, 0.15) is 35.8 Å². The van der Waals surface area contributed by atoms with Crippen molar-refractivity contribution in [3.05, 3.63) is 45.0 Å². The van der Waals surface area contributed by atoms with Crippen molar-refractivity contribution < 1.29 is 4.79 Å². The van der Waals surface area contributed by atoms with E-state index in [1.807, 2.05) is 49.8 Å². The number of fused-ring (bicyclic) bond motifs is 1. The Hall–Kier alpha value is -2.52. The van der Waals surface area contributed by atoms with Crippen molar-refractivity contribution in [3.63, 3.8) is 0 Å². The molecule has 0 fully saturated rings. The Morgan fingerprint density at radius 2 is 2.07 bits per heavy atom. The van der Waals surface area contributed by atoms with Crippen molar-refractivity contribution in [2.45, 2.75) is 46.2 Å². The number of amides is 1. The third-order valence-corrected chi connectivity index (χ3v) is 6.28. The standard InChI is InChI=1S/C20H24ClN7OS/c1-11(2)17-19(29)26-16-12(3)24-15(25-18(16)27(17)4)6-5-13-7-23-28(9-13)10-14-8-22-20(21)30-14/h7-9,11,17H,5-6,10H2,1-4H3,(H,26,29)/t17-/m0/s1. The number of nitrogens with zero attached hydrogens (tertiary/aromatic N) is 6. The SMILES string of the molecule is Cc1nc(CCc2cnn(Cc3cnc(Cl)s3)c2)nc2c1NC(=O)[C@H](C(C)C)N2C. The molecule has 0 aliphatic carbocycles. The van der Waals surface area contributed by atoms with E-state index < -0.39 is 0 Å². The van der Waals surface area contributed by atoms with Crippen LogP contribution in [-0.4, -0.2) is 43.7 Å². The van der Waals surface area contributed by atoms with Gasteiger partial charge in [-0.2, -0.15) is 5.10 Å². The number of carbonyl (C=O) groups is 1. The van der Waals surface area contributed by atoms with Crippen LogP contribution in [0, 0.1) is 12.8 Å². The number of thiazole rings is 1. The normalized spacial score (nSPS) is 16.1. The molecule has 0 aromatic carbocycles. The third kappa shape index (κ3) is 4.17. The van der Waals surface area contributed by atoms with Gasteiger partial charge >= 0.3 is 0 Å². The van der Waals surface area contributed by atoms with Crippen LogP contribution < -0.4 is 10.2 Å². The maximum Gasteiger partial charge on any atom is 0.247 e. The Bertz CT molecular complexity index is 1080. The molecule has 0 radical (unpaired) electrons. The van der Waals surface area contributed by atoms with E-state index in [1.54, 1.807) is 6.20 Å². The van der Waals surface area contributed by atoms with Crippen LogP contribution in [-0.2, 0) is 24.2 Å². The third-order valence-electron chi connectivity index (χ3n) is 5.18. The Balaban J connectivity index is 1.47. The van der Waals surface area contributed by atoms with Gasteiger partial charge in [-0.1, -0.05) is 25.4 Å². The second-order valence-electron chi connectivity index (χ2n) is 7.84. The second-order valence-corrected chi connectivity index (χ2v) is 9.54. The summed E-state index contributed by atoms with van der Waals surface area (Å²) in [6, 6.07) is -0.238. The zero-order valence-electron chi connectivity index (χ0n) is 17.4. The van der Waals surface area contributed by atoms with Crippen LogP contribution in [0.3, 0.4) is 0 Å². The number of rotatable bonds is 6. The summed E-state index contributed by atoms with van der Waals surface area (Å²) in [7, 11) is 1.92. The summed E-state index contributed by atoms with van der Waals surface area (Å²) in [6.07, 6.45) is 7.15. The van der Waals surface area contributed by atoms with Crippen LogP contribution in [0.25, 0.3) is 0 Å². The summed E-state index contributed by atoms with van der Waals surface area (Å²) in [5.74, 6) is 1.72. The van der Waals surface area contributed by atoms with Gasteiger partial charge in [0.05, 0.1) is 18.4 Å². The van der Waals surface area contributed by atoms with Crippen molar-refractivity contribution in [1.29, 1.82) is 0 Å². The number of hydrogen-bond donors (Lipinski definition) is 1. The second kappa shape index (κ2) is 8.31. The minimum Gasteiger partial charge on any atom is -0.346 e. The zero-order chi connectivity index (χ0) is 21.4. The van der Waals surface area contributed by atoms with Gasteiger partial charge in [0, 0.05) is 30.7 Å². The highest BCUT2D eigenvalue weighted by Gasteiger charge is 2.35. The lowest BCUT2D eigenvalue weighted by atomic mass is 9.99. The average molecular weight is 446 g/mol. The van der Waals surface area contributed by atoms with Crippen molar-refractivity contribution in [2.75, 3.05) is 17.3 Å². The first-order chi connectivity index (χ1) is 14.3. The van der Waals surface area contributed by atoms with Crippen LogP contribution in [0.5, 0.6) is 0 Å². The first-order valence-corrected chi connectivity index (χ1v) is 11.0. The van der Waals surface area contributed by atoms with Gasteiger partial charge in [-0.3, -0.25) is 9.48 Å². The van der Waals surface area contributed by atoms with Gasteiger partial charge in [0.15, 0.2) is 10.3 Å². The van der Waals surface area contributed by atoms with E-state index in [0.717, 1.165) is 34.2 Å². The molecule has 4 heterocycles. The maximum atomic E-state index is 12.5. The summed E-state index contributed by atoms with van der Waals surface area (Å²) in [5.41, 5.74) is 2.61. The number of nitrogens with one attached hydrogen (secondary N) is 1. The minimum absolute atomic E-state index is 0.00547. The summed E-state index contributed by atoms with van der Waals surface area (Å²) in [4.78, 5) is 28.9. The fraction of sp³-hybridized carbons (Fsp3) is 0.450. The van der Waals surface area contributed by atoms with E-state index in [2.05, 4.69) is 20.4 Å². The van der Waals surface area contributed by atoms with E-state index in [-0.39, 0.29) is 17.9 Å². The molecule has 30 heavy (non-hydrogen) atoms. The van der Waals surface area contributed by atoms with Crippen LogP contribution in [0.2, 0.25) is 4.47 Å². The van der Waals surface area contributed by atoms with Gasteiger partial charge in [-0.25, -0.2) is 15.0 Å². The van der Waals surface area contributed by atoms with E-state index >= 15 is 0 Å². The molecule has 1 aliphatic heterocycles. The molecule has 0 saturated heterocycles. The molecule has 8 nitrogen and oxygen atoms in total. The number of aryl methyl sites for hydroxylation is 3. The molecule has 3 aromatic rings. The predicted octanol–water partition coefficient (Wildman–Crippen LogP) is 3.34. The fourth-order valence-corrected chi connectivity index (χ4v) is 4.75. The quantitative estimate of drug-likeness (QED) is 0.626. The van der Waals surface area contributed by atoms with Crippen molar-refractivity contribution >= 4 is 40.4 Å². The van der Waals surface area contributed by atoms with Crippen molar-refractivity contribution in [1.82, 2.24) is 24.7 Å². The van der Waals surface area contributed by atoms with Crippen molar-refractivity contribution in [3.8, 4) is 0 Å². The molecule has 158 valence electrons. The van der Waals surface area contributed by atoms with Crippen LogP contribution in [0.4, 0.5) is 11.5 Å². The largest absolute Gasteiger partial charge is 0.346 e. The van der Waals surface area contributed by atoms with Crippen LogP contribution >= 0.6 is 22.9 Å². The van der Waals surface area contributed by atoms with E-state index in [1.165, 1.54) is 11.3 Å². The molecule has 0 unspecified atom stereocenters. The molecule has 1 N–H and O–H groups in total. The summed E-state index contributed by atoms with van der Waals surface area (Å²) in [6.45, 7) is 6.64. The highest BCUT2D eigenvalue weighted by atomic mass is 35.5. The average Bonchev–Trinajstić information content (AvgIpc) is 3.30. The predicted molar refractivity (Wildman–Crippen MR) is 118 cm³/mol. The molecule has 10 heteroatoms. The van der Waals surface area contributed by atoms with Gasteiger partial charge in [0.25, 0.3) is 0 Å². The van der Waals surface area contributed by atoms with Crippen molar-refractivity contribution in [2.24, 2.45) is 5.92 Å². The lowest BCUT2D eigenvalue weighted by Crippen LogP contribution is -2.49. The minimum atomic E-state index is -0.238. The Morgan fingerprint density at radius 1 is 1.27 bits per heavy atom. The summed E-state index contributed by atoms with van der Waals surface area (Å²) < 4.78 is 2.42.